The van der Waals surface area contributed by atoms with Gasteiger partial charge in [0, 0.05) is 25.1 Å². The molecule has 2 N–H and O–H groups in total. The van der Waals surface area contributed by atoms with E-state index < -0.39 is 0 Å². The SMILES string of the molecule is CN=C(NCc1cccc(OC)n1)NCC(C)(C)c1ccccc1.I. The first-order valence-corrected chi connectivity index (χ1v) is 8.05. The molecule has 0 aliphatic carbocycles. The first kappa shape index (κ1) is 21.2. The number of hydrogen-bond acceptors (Lipinski definition) is 3. The summed E-state index contributed by atoms with van der Waals surface area (Å²) in [6.45, 7) is 5.79. The molecule has 5 nitrogen and oxygen atoms in total. The van der Waals surface area contributed by atoms with E-state index in [4.69, 9.17) is 4.74 Å². The molecule has 1 aromatic carbocycles. The second kappa shape index (κ2) is 10.2. The predicted octanol–water partition coefficient (Wildman–Crippen LogP) is 3.35. The highest BCUT2D eigenvalue weighted by atomic mass is 127. The largest absolute Gasteiger partial charge is 0.481 e. The zero-order chi connectivity index (χ0) is 17.4. The van der Waals surface area contributed by atoms with Gasteiger partial charge >= 0.3 is 0 Å². The molecule has 2 rings (SSSR count). The van der Waals surface area contributed by atoms with Crippen LogP contribution in [-0.2, 0) is 12.0 Å². The van der Waals surface area contributed by atoms with Gasteiger partial charge in [-0.3, -0.25) is 4.99 Å². The van der Waals surface area contributed by atoms with Crippen LogP contribution in [0.5, 0.6) is 5.88 Å². The topological polar surface area (TPSA) is 58.5 Å². The zero-order valence-corrected chi connectivity index (χ0v) is 17.6. The molecule has 1 aromatic heterocycles. The number of aromatic nitrogens is 1. The van der Waals surface area contributed by atoms with E-state index in [9.17, 15) is 0 Å². The Kier molecular flexibility index (Phi) is 8.68. The van der Waals surface area contributed by atoms with E-state index >= 15 is 0 Å². The lowest BCUT2D eigenvalue weighted by Crippen LogP contribution is -2.43. The predicted molar refractivity (Wildman–Crippen MR) is 114 cm³/mol. The van der Waals surface area contributed by atoms with Crippen LogP contribution in [0.25, 0.3) is 0 Å². The number of benzene rings is 1. The van der Waals surface area contributed by atoms with Crippen molar-refractivity contribution in [2.45, 2.75) is 25.8 Å². The Balaban J connectivity index is 0.00000312. The van der Waals surface area contributed by atoms with Crippen LogP contribution in [-0.4, -0.2) is 31.6 Å². The Labute approximate surface area is 167 Å². The van der Waals surface area contributed by atoms with Gasteiger partial charge in [-0.05, 0) is 11.6 Å². The third kappa shape index (κ3) is 6.53. The van der Waals surface area contributed by atoms with Crippen molar-refractivity contribution < 1.29 is 4.74 Å². The molecule has 0 amide bonds. The smallest absolute Gasteiger partial charge is 0.213 e. The van der Waals surface area contributed by atoms with Gasteiger partial charge in [0.05, 0.1) is 19.3 Å². The van der Waals surface area contributed by atoms with Gasteiger partial charge in [-0.2, -0.15) is 0 Å². The molecule has 0 aliphatic heterocycles. The molecular weight excluding hydrogens is 427 g/mol. The highest BCUT2D eigenvalue weighted by molar-refractivity contribution is 14.0. The van der Waals surface area contributed by atoms with E-state index in [0.29, 0.717) is 12.4 Å². The number of guanidine groups is 1. The van der Waals surface area contributed by atoms with Crippen molar-refractivity contribution >= 4 is 29.9 Å². The fourth-order valence-electron chi connectivity index (χ4n) is 2.36. The zero-order valence-electron chi connectivity index (χ0n) is 15.2. The first-order valence-electron chi connectivity index (χ1n) is 8.05. The lowest BCUT2D eigenvalue weighted by atomic mass is 9.85. The molecule has 0 radical (unpaired) electrons. The lowest BCUT2D eigenvalue weighted by molar-refractivity contribution is 0.396. The van der Waals surface area contributed by atoms with Gasteiger partial charge in [0.1, 0.15) is 0 Å². The molecule has 0 saturated carbocycles. The second-order valence-corrected chi connectivity index (χ2v) is 6.20. The van der Waals surface area contributed by atoms with Crippen LogP contribution in [0, 0.1) is 0 Å². The molecule has 25 heavy (non-hydrogen) atoms. The number of methoxy groups -OCH3 is 1. The normalized spacial score (nSPS) is 11.4. The molecule has 0 bridgehead atoms. The van der Waals surface area contributed by atoms with Crippen molar-refractivity contribution in [3.63, 3.8) is 0 Å². The molecule has 0 unspecified atom stereocenters. The van der Waals surface area contributed by atoms with Crippen molar-refractivity contribution in [2.24, 2.45) is 4.99 Å². The number of nitrogens with zero attached hydrogens (tertiary/aromatic N) is 2. The maximum atomic E-state index is 5.14. The molecule has 0 atom stereocenters. The van der Waals surface area contributed by atoms with Gasteiger partial charge < -0.3 is 15.4 Å². The number of rotatable bonds is 6. The number of nitrogens with one attached hydrogen (secondary N) is 2. The number of hydrogen-bond donors (Lipinski definition) is 2. The van der Waals surface area contributed by atoms with Crippen LogP contribution in [0.15, 0.2) is 53.5 Å². The first-order chi connectivity index (χ1) is 11.5. The van der Waals surface area contributed by atoms with Crippen molar-refractivity contribution in [1.82, 2.24) is 15.6 Å². The van der Waals surface area contributed by atoms with Crippen molar-refractivity contribution in [1.29, 1.82) is 0 Å². The molecule has 0 spiro atoms. The minimum atomic E-state index is 0. The van der Waals surface area contributed by atoms with Crippen LogP contribution in [0.2, 0.25) is 0 Å². The van der Waals surface area contributed by atoms with E-state index in [1.807, 2.05) is 24.3 Å². The van der Waals surface area contributed by atoms with Gasteiger partial charge in [0.25, 0.3) is 0 Å². The number of aliphatic imine (C=N–C) groups is 1. The number of halogens is 1. The molecule has 2 aromatic rings. The summed E-state index contributed by atoms with van der Waals surface area (Å²) in [5, 5.41) is 6.67. The van der Waals surface area contributed by atoms with E-state index in [-0.39, 0.29) is 29.4 Å². The number of pyridine rings is 1. The van der Waals surface area contributed by atoms with Crippen molar-refractivity contribution in [2.75, 3.05) is 20.7 Å². The van der Waals surface area contributed by atoms with Gasteiger partial charge in [-0.25, -0.2) is 4.98 Å². The fourth-order valence-corrected chi connectivity index (χ4v) is 2.36. The van der Waals surface area contributed by atoms with E-state index in [0.717, 1.165) is 18.2 Å². The molecule has 1 heterocycles. The van der Waals surface area contributed by atoms with E-state index in [1.54, 1.807) is 14.2 Å². The Hall–Kier alpha value is -1.83. The molecule has 136 valence electrons. The fraction of sp³-hybridized carbons (Fsp3) is 0.368. The van der Waals surface area contributed by atoms with Crippen LogP contribution < -0.4 is 15.4 Å². The van der Waals surface area contributed by atoms with Gasteiger partial charge in [-0.1, -0.05) is 50.2 Å². The van der Waals surface area contributed by atoms with Gasteiger partial charge in [-0.15, -0.1) is 24.0 Å². The average molecular weight is 454 g/mol. The molecular formula is C19H27IN4O. The Morgan fingerprint density at radius 2 is 1.80 bits per heavy atom. The minimum absolute atomic E-state index is 0. The van der Waals surface area contributed by atoms with Gasteiger partial charge in [0.2, 0.25) is 5.88 Å². The minimum Gasteiger partial charge on any atom is -0.481 e. The summed E-state index contributed by atoms with van der Waals surface area (Å²) in [6, 6.07) is 16.2. The van der Waals surface area contributed by atoms with E-state index in [1.165, 1.54) is 5.56 Å². The van der Waals surface area contributed by atoms with Crippen LogP contribution >= 0.6 is 24.0 Å². The highest BCUT2D eigenvalue weighted by Crippen LogP contribution is 2.21. The Morgan fingerprint density at radius 1 is 1.08 bits per heavy atom. The lowest BCUT2D eigenvalue weighted by Gasteiger charge is -2.26. The molecule has 0 fully saturated rings. The molecule has 6 heteroatoms. The quantitative estimate of drug-likeness (QED) is 0.400. The van der Waals surface area contributed by atoms with Crippen LogP contribution in [0.4, 0.5) is 0 Å². The summed E-state index contributed by atoms with van der Waals surface area (Å²) in [6.07, 6.45) is 0. The molecule has 0 saturated heterocycles. The van der Waals surface area contributed by atoms with Crippen molar-refractivity contribution in [3.8, 4) is 5.88 Å². The second-order valence-electron chi connectivity index (χ2n) is 6.20. The summed E-state index contributed by atoms with van der Waals surface area (Å²) in [5.41, 5.74) is 2.20. The highest BCUT2D eigenvalue weighted by Gasteiger charge is 2.20. The van der Waals surface area contributed by atoms with E-state index in [2.05, 4.69) is 58.7 Å². The summed E-state index contributed by atoms with van der Waals surface area (Å²) in [4.78, 5) is 8.66. The monoisotopic (exact) mass is 454 g/mol. The number of ether oxygens (including phenoxy) is 1. The maximum absolute atomic E-state index is 5.14. The standard InChI is InChI=1S/C19H26N4O.HI/c1-19(2,15-9-6-5-7-10-15)14-22-18(20-3)21-13-16-11-8-12-17(23-16)24-4;/h5-12H,13-14H2,1-4H3,(H2,20,21,22);1H. The average Bonchev–Trinajstić information content (AvgIpc) is 2.62. The third-order valence-electron chi connectivity index (χ3n) is 3.90. The Bertz CT molecular complexity index is 674. The summed E-state index contributed by atoms with van der Waals surface area (Å²) < 4.78 is 5.14. The van der Waals surface area contributed by atoms with Crippen LogP contribution in [0.3, 0.4) is 0 Å². The van der Waals surface area contributed by atoms with Crippen molar-refractivity contribution in [3.05, 3.63) is 59.8 Å². The summed E-state index contributed by atoms with van der Waals surface area (Å²) in [7, 11) is 3.38. The summed E-state index contributed by atoms with van der Waals surface area (Å²) >= 11 is 0. The van der Waals surface area contributed by atoms with Crippen LogP contribution in [0.1, 0.15) is 25.1 Å². The summed E-state index contributed by atoms with van der Waals surface area (Å²) in [5.74, 6) is 1.37. The Morgan fingerprint density at radius 3 is 2.44 bits per heavy atom. The maximum Gasteiger partial charge on any atom is 0.213 e. The molecule has 0 aliphatic rings. The van der Waals surface area contributed by atoms with Gasteiger partial charge in [0.15, 0.2) is 5.96 Å². The third-order valence-corrected chi connectivity index (χ3v) is 3.90.